The third kappa shape index (κ3) is 3.25. The Kier molecular flexibility index (Phi) is 5.94. The van der Waals surface area contributed by atoms with E-state index in [0.29, 0.717) is 24.0 Å². The fourth-order valence-electron chi connectivity index (χ4n) is 4.15. The molecule has 2 N–H and O–H groups in total. The minimum Gasteiger partial charge on any atom is -0.507 e. The van der Waals surface area contributed by atoms with Gasteiger partial charge in [-0.2, -0.15) is 0 Å². The van der Waals surface area contributed by atoms with Crippen molar-refractivity contribution in [1.29, 1.82) is 0 Å². The van der Waals surface area contributed by atoms with Crippen LogP contribution in [0.1, 0.15) is 56.3 Å². The molecule has 0 radical (unpaired) electrons. The van der Waals surface area contributed by atoms with Crippen molar-refractivity contribution in [1.82, 2.24) is 0 Å². The average molecular weight is 412 g/mol. The lowest BCUT2D eigenvalue weighted by atomic mass is 9.75. The second-order valence-corrected chi connectivity index (χ2v) is 7.40. The number of rotatable bonds is 2. The lowest BCUT2D eigenvalue weighted by Crippen LogP contribution is -2.26. The first-order valence-corrected chi connectivity index (χ1v) is 9.54. The summed E-state index contributed by atoms with van der Waals surface area (Å²) >= 11 is 0. The summed E-state index contributed by atoms with van der Waals surface area (Å²) in [6.45, 7) is 1.49. The number of ether oxygens (including phenoxy) is 2. The van der Waals surface area contributed by atoms with Gasteiger partial charge in [0.2, 0.25) is 5.78 Å². The fourth-order valence-corrected chi connectivity index (χ4v) is 4.15. The molecular formula is C23H24O7. The molecule has 1 unspecified atom stereocenters. The molecule has 7 heteroatoms. The van der Waals surface area contributed by atoms with Crippen molar-refractivity contribution >= 4 is 17.3 Å². The molecule has 0 aliphatic heterocycles. The fraction of sp³-hybridized carbons (Fsp3) is 0.348. The summed E-state index contributed by atoms with van der Waals surface area (Å²) in [5.74, 6) is -1.73. The Labute approximate surface area is 174 Å². The van der Waals surface area contributed by atoms with Gasteiger partial charge in [0.25, 0.3) is 0 Å². The zero-order valence-electron chi connectivity index (χ0n) is 17.4. The normalized spacial score (nSPS) is 16.6. The van der Waals surface area contributed by atoms with Crippen molar-refractivity contribution in [2.75, 3.05) is 21.3 Å². The lowest BCUT2D eigenvalue weighted by molar-refractivity contribution is -0.121. The predicted molar refractivity (Wildman–Crippen MR) is 109 cm³/mol. The number of carbonyl (C=O) groups is 3. The monoisotopic (exact) mass is 412 g/mol. The van der Waals surface area contributed by atoms with Gasteiger partial charge in [-0.05, 0) is 32.3 Å². The number of benzene rings is 2. The summed E-state index contributed by atoms with van der Waals surface area (Å²) in [5, 5.41) is 21.6. The summed E-state index contributed by atoms with van der Waals surface area (Å²) in [6.07, 6.45) is 1.12. The second kappa shape index (κ2) is 8.28. The molecule has 2 aromatic rings. The van der Waals surface area contributed by atoms with E-state index in [2.05, 4.69) is 4.74 Å². The van der Waals surface area contributed by atoms with Crippen molar-refractivity contribution in [3.05, 3.63) is 51.6 Å². The van der Waals surface area contributed by atoms with Gasteiger partial charge in [-0.15, -0.1) is 0 Å². The minimum absolute atomic E-state index is 0.00487. The molecule has 158 valence electrons. The number of carbonyl (C=O) groups excluding carboxylic acids is 3. The van der Waals surface area contributed by atoms with E-state index in [9.17, 15) is 24.6 Å². The SMILES string of the molecule is COC.COc1cccc2c1C(=O)c1c(O)c3c(c(O)c1C2=O)CC(C(C)=O)CC3. The van der Waals surface area contributed by atoms with E-state index in [4.69, 9.17) is 4.74 Å². The Morgan fingerprint density at radius 1 is 0.967 bits per heavy atom. The summed E-state index contributed by atoms with van der Waals surface area (Å²) < 4.78 is 9.46. The first-order valence-electron chi connectivity index (χ1n) is 9.54. The zero-order chi connectivity index (χ0) is 22.2. The first kappa shape index (κ1) is 21.5. The number of fused-ring (bicyclic) bond motifs is 3. The highest BCUT2D eigenvalue weighted by molar-refractivity contribution is 6.31. The molecule has 1 atom stereocenters. The second-order valence-electron chi connectivity index (χ2n) is 7.40. The maximum Gasteiger partial charge on any atom is 0.202 e. The number of methoxy groups -OCH3 is 2. The van der Waals surface area contributed by atoms with Gasteiger partial charge < -0.3 is 19.7 Å². The summed E-state index contributed by atoms with van der Waals surface area (Å²) in [4.78, 5) is 37.9. The summed E-state index contributed by atoms with van der Waals surface area (Å²) in [6, 6.07) is 4.66. The van der Waals surface area contributed by atoms with E-state index in [1.165, 1.54) is 20.1 Å². The first-order chi connectivity index (χ1) is 14.3. The number of hydrogen-bond acceptors (Lipinski definition) is 7. The van der Waals surface area contributed by atoms with Gasteiger partial charge in [0.1, 0.15) is 23.0 Å². The highest BCUT2D eigenvalue weighted by Gasteiger charge is 2.40. The molecule has 2 aliphatic rings. The van der Waals surface area contributed by atoms with Crippen LogP contribution >= 0.6 is 0 Å². The summed E-state index contributed by atoms with van der Waals surface area (Å²) in [5.41, 5.74) is 0.647. The van der Waals surface area contributed by atoms with Gasteiger partial charge in [-0.3, -0.25) is 14.4 Å². The predicted octanol–water partition coefficient (Wildman–Crippen LogP) is 2.84. The zero-order valence-corrected chi connectivity index (χ0v) is 17.4. The van der Waals surface area contributed by atoms with Crippen molar-refractivity contribution < 1.29 is 34.1 Å². The largest absolute Gasteiger partial charge is 0.507 e. The highest BCUT2D eigenvalue weighted by Crippen LogP contribution is 2.47. The number of hydrogen-bond donors (Lipinski definition) is 2. The average Bonchev–Trinajstić information content (AvgIpc) is 2.74. The van der Waals surface area contributed by atoms with Gasteiger partial charge in [0, 0.05) is 36.8 Å². The Morgan fingerprint density at radius 3 is 2.17 bits per heavy atom. The van der Waals surface area contributed by atoms with E-state index < -0.39 is 11.6 Å². The van der Waals surface area contributed by atoms with Crippen LogP contribution in [0.5, 0.6) is 17.2 Å². The smallest absolute Gasteiger partial charge is 0.202 e. The van der Waals surface area contributed by atoms with Crippen LogP contribution in [-0.4, -0.2) is 48.9 Å². The van der Waals surface area contributed by atoms with Crippen LogP contribution in [0.15, 0.2) is 18.2 Å². The molecule has 0 saturated heterocycles. The van der Waals surface area contributed by atoms with E-state index in [1.54, 1.807) is 26.4 Å². The molecule has 30 heavy (non-hydrogen) atoms. The van der Waals surface area contributed by atoms with Crippen molar-refractivity contribution in [3.63, 3.8) is 0 Å². The number of phenolic OH excluding ortho intramolecular Hbond substituents is 2. The minimum atomic E-state index is -0.554. The lowest BCUT2D eigenvalue weighted by Gasteiger charge is -2.29. The molecule has 0 fully saturated rings. The third-order valence-corrected chi connectivity index (χ3v) is 5.60. The van der Waals surface area contributed by atoms with Crippen LogP contribution < -0.4 is 4.74 Å². The van der Waals surface area contributed by atoms with Gasteiger partial charge in [0.05, 0.1) is 23.8 Å². The molecule has 2 aromatic carbocycles. The van der Waals surface area contributed by atoms with Crippen LogP contribution in [0.25, 0.3) is 0 Å². The number of aromatic hydroxyl groups is 2. The molecule has 0 bridgehead atoms. The molecule has 4 rings (SSSR count). The van der Waals surface area contributed by atoms with Gasteiger partial charge >= 0.3 is 0 Å². The number of phenols is 2. The van der Waals surface area contributed by atoms with Gasteiger partial charge in [-0.25, -0.2) is 0 Å². The van der Waals surface area contributed by atoms with Gasteiger partial charge in [0.15, 0.2) is 5.78 Å². The van der Waals surface area contributed by atoms with Crippen LogP contribution in [-0.2, 0) is 22.4 Å². The Morgan fingerprint density at radius 2 is 1.57 bits per heavy atom. The number of ketones is 3. The molecule has 0 amide bonds. The topological polar surface area (TPSA) is 110 Å². The van der Waals surface area contributed by atoms with Crippen LogP contribution in [0.4, 0.5) is 0 Å². The van der Waals surface area contributed by atoms with E-state index in [-0.39, 0.29) is 57.6 Å². The Bertz CT molecular complexity index is 1050. The van der Waals surface area contributed by atoms with Crippen molar-refractivity contribution in [2.24, 2.45) is 5.92 Å². The highest BCUT2D eigenvalue weighted by atomic mass is 16.5. The van der Waals surface area contributed by atoms with Crippen LogP contribution in [0.2, 0.25) is 0 Å². The summed E-state index contributed by atoms with van der Waals surface area (Å²) in [7, 11) is 4.65. The number of Topliss-reactive ketones (excluding diaryl/α,β-unsaturated/α-hetero) is 1. The molecule has 0 spiro atoms. The Balaban J connectivity index is 0.000000806. The maximum atomic E-state index is 13.1. The van der Waals surface area contributed by atoms with Crippen LogP contribution in [0, 0.1) is 5.92 Å². The molecule has 0 heterocycles. The van der Waals surface area contributed by atoms with E-state index in [1.807, 2.05) is 0 Å². The third-order valence-electron chi connectivity index (χ3n) is 5.60. The van der Waals surface area contributed by atoms with E-state index in [0.717, 1.165) is 0 Å². The standard InChI is InChI=1S/C21H18O6.C2H6O/c1-9(22)10-6-7-11-13(8-10)20(25)16-17(18(11)23)21(26)15-12(19(16)24)4-3-5-14(15)27-2;1-3-2/h3-5,10,23,25H,6-8H2,1-2H3;1-2H3. The molecule has 0 saturated carbocycles. The Hall–Kier alpha value is -3.19. The van der Waals surface area contributed by atoms with Gasteiger partial charge in [-0.1, -0.05) is 12.1 Å². The molecule has 7 nitrogen and oxygen atoms in total. The van der Waals surface area contributed by atoms with Crippen molar-refractivity contribution in [3.8, 4) is 17.2 Å². The van der Waals surface area contributed by atoms with Crippen LogP contribution in [0.3, 0.4) is 0 Å². The maximum absolute atomic E-state index is 13.1. The van der Waals surface area contributed by atoms with Crippen molar-refractivity contribution in [2.45, 2.75) is 26.2 Å². The quantitative estimate of drug-likeness (QED) is 0.623. The molecule has 2 aliphatic carbocycles. The molecule has 0 aromatic heterocycles. The molecular weight excluding hydrogens is 388 g/mol. The van der Waals surface area contributed by atoms with E-state index >= 15 is 0 Å².